The van der Waals surface area contributed by atoms with E-state index in [2.05, 4.69) is 5.32 Å². The minimum Gasteiger partial charge on any atom is -0.386 e. The molecule has 0 radical (unpaired) electrons. The molecule has 2 N–H and O–H groups in total. The zero-order valence-corrected chi connectivity index (χ0v) is 12.2. The maximum absolute atomic E-state index is 11.4. The smallest absolute Gasteiger partial charge is 0.293 e. The molecule has 1 aliphatic heterocycles. The van der Waals surface area contributed by atoms with Gasteiger partial charge in [-0.1, -0.05) is 0 Å². The Morgan fingerprint density at radius 3 is 2.76 bits per heavy atom. The van der Waals surface area contributed by atoms with E-state index >= 15 is 0 Å². The van der Waals surface area contributed by atoms with Crippen LogP contribution in [0, 0.1) is 10.1 Å². The number of aliphatic hydroxyl groups is 1. The van der Waals surface area contributed by atoms with E-state index in [-0.39, 0.29) is 29.4 Å². The fourth-order valence-electron chi connectivity index (χ4n) is 2.04. The highest BCUT2D eigenvalue weighted by molar-refractivity contribution is 7.90. The molecule has 0 amide bonds. The molecule has 116 valence electrons. The molecule has 0 spiro atoms. The van der Waals surface area contributed by atoms with E-state index in [1.165, 1.54) is 12.1 Å². The van der Waals surface area contributed by atoms with Crippen molar-refractivity contribution in [1.29, 1.82) is 0 Å². The predicted molar refractivity (Wildman–Crippen MR) is 75.1 cm³/mol. The summed E-state index contributed by atoms with van der Waals surface area (Å²) in [4.78, 5) is 10.3. The maximum atomic E-state index is 11.4. The summed E-state index contributed by atoms with van der Waals surface area (Å²) >= 11 is 0. The molecule has 0 aliphatic carbocycles. The lowest BCUT2D eigenvalue weighted by atomic mass is 10.0. The van der Waals surface area contributed by atoms with E-state index in [1.807, 2.05) is 0 Å². The molecule has 1 fully saturated rings. The Morgan fingerprint density at radius 2 is 2.24 bits per heavy atom. The molecule has 2 rings (SSSR count). The largest absolute Gasteiger partial charge is 0.386 e. The van der Waals surface area contributed by atoms with Crippen LogP contribution >= 0.6 is 0 Å². The minimum atomic E-state index is -3.52. The van der Waals surface area contributed by atoms with Crippen molar-refractivity contribution in [3.05, 3.63) is 28.3 Å². The highest BCUT2D eigenvalue weighted by Gasteiger charge is 2.32. The van der Waals surface area contributed by atoms with Gasteiger partial charge in [-0.05, 0) is 12.1 Å². The topological polar surface area (TPSA) is 119 Å². The zero-order valence-electron chi connectivity index (χ0n) is 11.4. The summed E-state index contributed by atoms with van der Waals surface area (Å²) in [5, 5.41) is 24.0. The first kappa shape index (κ1) is 15.7. The van der Waals surface area contributed by atoms with Crippen molar-refractivity contribution >= 4 is 21.2 Å². The highest BCUT2D eigenvalue weighted by Crippen LogP contribution is 2.29. The van der Waals surface area contributed by atoms with Crippen LogP contribution in [-0.4, -0.2) is 50.1 Å². The van der Waals surface area contributed by atoms with Gasteiger partial charge in [-0.25, -0.2) is 8.42 Å². The van der Waals surface area contributed by atoms with Gasteiger partial charge in [0, 0.05) is 31.9 Å². The van der Waals surface area contributed by atoms with Crippen molar-refractivity contribution in [2.24, 2.45) is 0 Å². The lowest BCUT2D eigenvalue weighted by Gasteiger charge is -2.21. The second kappa shape index (κ2) is 5.58. The third kappa shape index (κ3) is 3.69. The molecule has 1 aliphatic rings. The third-order valence-electron chi connectivity index (χ3n) is 3.28. The average Bonchev–Trinajstić information content (AvgIpc) is 2.82. The van der Waals surface area contributed by atoms with Crippen LogP contribution in [-0.2, 0) is 14.6 Å². The molecular formula is C12H16N2O6S. The molecule has 1 atom stereocenters. The van der Waals surface area contributed by atoms with Crippen molar-refractivity contribution in [1.82, 2.24) is 0 Å². The van der Waals surface area contributed by atoms with Gasteiger partial charge >= 0.3 is 0 Å². The van der Waals surface area contributed by atoms with Gasteiger partial charge in [-0.3, -0.25) is 10.1 Å². The lowest BCUT2D eigenvalue weighted by molar-refractivity contribution is -0.384. The van der Waals surface area contributed by atoms with Crippen LogP contribution in [0.1, 0.15) is 6.42 Å². The molecule has 1 aromatic rings. The van der Waals surface area contributed by atoms with E-state index in [0.717, 1.165) is 12.3 Å². The summed E-state index contributed by atoms with van der Waals surface area (Å²) in [5.41, 5.74) is -1.25. The SMILES string of the molecule is CS(=O)(=O)c1ccc(NCC2(O)CCOC2)c([N+](=O)[O-])c1. The van der Waals surface area contributed by atoms with E-state index < -0.39 is 20.4 Å². The number of sulfone groups is 1. The van der Waals surface area contributed by atoms with Gasteiger partial charge < -0.3 is 15.2 Å². The highest BCUT2D eigenvalue weighted by atomic mass is 32.2. The number of ether oxygens (including phenoxy) is 1. The Balaban J connectivity index is 2.25. The van der Waals surface area contributed by atoms with Gasteiger partial charge in [0.25, 0.3) is 5.69 Å². The fourth-order valence-corrected chi connectivity index (χ4v) is 2.68. The summed E-state index contributed by atoms with van der Waals surface area (Å²) in [5.74, 6) is 0. The zero-order chi connectivity index (χ0) is 15.7. The van der Waals surface area contributed by atoms with Crippen LogP contribution in [0.15, 0.2) is 23.1 Å². The van der Waals surface area contributed by atoms with Gasteiger partial charge in [0.15, 0.2) is 9.84 Å². The van der Waals surface area contributed by atoms with Crippen LogP contribution in [0.5, 0.6) is 0 Å². The second-order valence-corrected chi connectivity index (χ2v) is 7.10. The van der Waals surface area contributed by atoms with Gasteiger partial charge in [-0.2, -0.15) is 0 Å². The molecule has 0 saturated carbocycles. The van der Waals surface area contributed by atoms with Crippen LogP contribution in [0.4, 0.5) is 11.4 Å². The molecule has 8 nitrogen and oxygen atoms in total. The molecule has 0 bridgehead atoms. The third-order valence-corrected chi connectivity index (χ3v) is 4.39. The second-order valence-electron chi connectivity index (χ2n) is 5.09. The monoisotopic (exact) mass is 316 g/mol. The Kier molecular flexibility index (Phi) is 4.17. The van der Waals surface area contributed by atoms with Gasteiger partial charge in [-0.15, -0.1) is 0 Å². The van der Waals surface area contributed by atoms with Crippen LogP contribution in [0.25, 0.3) is 0 Å². The van der Waals surface area contributed by atoms with Crippen LogP contribution in [0.2, 0.25) is 0 Å². The van der Waals surface area contributed by atoms with E-state index in [0.29, 0.717) is 13.0 Å². The number of nitrogens with zero attached hydrogens (tertiary/aromatic N) is 1. The van der Waals surface area contributed by atoms with Crippen LogP contribution < -0.4 is 5.32 Å². The number of nitro benzene ring substituents is 1. The molecule has 1 unspecified atom stereocenters. The first-order valence-electron chi connectivity index (χ1n) is 6.24. The Hall–Kier alpha value is -1.71. The van der Waals surface area contributed by atoms with E-state index in [9.17, 15) is 23.6 Å². The van der Waals surface area contributed by atoms with E-state index in [4.69, 9.17) is 4.74 Å². The van der Waals surface area contributed by atoms with Gasteiger partial charge in [0.1, 0.15) is 11.3 Å². The number of rotatable bonds is 5. The summed E-state index contributed by atoms with van der Waals surface area (Å²) in [6.07, 6.45) is 1.42. The van der Waals surface area contributed by atoms with Gasteiger partial charge in [0.2, 0.25) is 0 Å². The molecule has 9 heteroatoms. The van der Waals surface area contributed by atoms with Crippen molar-refractivity contribution in [2.45, 2.75) is 16.9 Å². The molecule has 1 saturated heterocycles. The summed E-state index contributed by atoms with van der Waals surface area (Å²) in [6, 6.07) is 3.63. The molecule has 1 aromatic carbocycles. The standard InChI is InChI=1S/C12H16N2O6S/c1-21(18,19)9-2-3-10(11(6-9)14(16)17)13-7-12(15)4-5-20-8-12/h2-3,6,13,15H,4-5,7-8H2,1H3. The molecule has 1 heterocycles. The van der Waals surface area contributed by atoms with Crippen molar-refractivity contribution in [2.75, 3.05) is 31.3 Å². The molecule has 0 aromatic heterocycles. The summed E-state index contributed by atoms with van der Waals surface area (Å²) in [6.45, 7) is 0.689. The van der Waals surface area contributed by atoms with Gasteiger partial charge in [0.05, 0.1) is 16.4 Å². The van der Waals surface area contributed by atoms with Crippen molar-refractivity contribution in [3.63, 3.8) is 0 Å². The summed E-state index contributed by atoms with van der Waals surface area (Å²) in [7, 11) is -3.52. The molecular weight excluding hydrogens is 300 g/mol. The quantitative estimate of drug-likeness (QED) is 0.601. The molecule has 21 heavy (non-hydrogen) atoms. The minimum absolute atomic E-state index is 0.0893. The Labute approximate surface area is 121 Å². The Morgan fingerprint density at radius 1 is 1.52 bits per heavy atom. The number of nitro groups is 1. The number of anilines is 1. The number of hydrogen-bond donors (Lipinski definition) is 2. The maximum Gasteiger partial charge on any atom is 0.293 e. The average molecular weight is 316 g/mol. The predicted octanol–water partition coefficient (Wildman–Crippen LogP) is 0.562. The first-order chi connectivity index (χ1) is 9.71. The first-order valence-corrected chi connectivity index (χ1v) is 8.13. The van der Waals surface area contributed by atoms with Crippen molar-refractivity contribution in [3.8, 4) is 0 Å². The number of benzene rings is 1. The normalized spacial score (nSPS) is 22.2. The Bertz CT molecular complexity index is 652. The lowest BCUT2D eigenvalue weighted by Crippen LogP contribution is -2.37. The number of hydrogen-bond acceptors (Lipinski definition) is 7. The van der Waals surface area contributed by atoms with Crippen LogP contribution in [0.3, 0.4) is 0 Å². The van der Waals surface area contributed by atoms with E-state index in [1.54, 1.807) is 0 Å². The summed E-state index contributed by atoms with van der Waals surface area (Å²) < 4.78 is 28.0. The fraction of sp³-hybridized carbons (Fsp3) is 0.500. The number of nitrogens with one attached hydrogen (secondary N) is 1. The van der Waals surface area contributed by atoms with Crippen molar-refractivity contribution < 1.29 is 23.2 Å².